The fraction of sp³-hybridized carbons (Fsp3) is 0.394. The van der Waals surface area contributed by atoms with Crippen molar-refractivity contribution in [3.63, 3.8) is 0 Å². The highest BCUT2D eigenvalue weighted by atomic mass is 31.2. The zero-order valence-corrected chi connectivity index (χ0v) is 28.3. The molecule has 5 rings (SSSR count). The number of nitrogens with zero attached hydrogens (tertiary/aromatic N) is 6. The largest absolute Gasteiger partial charge is 0.494 e. The molecule has 1 fully saturated rings. The number of rotatable bonds is 10. The molecule has 238 valence electrons. The van der Waals surface area contributed by atoms with Crippen LogP contribution in [0.3, 0.4) is 0 Å². The quantitative estimate of drug-likeness (QED) is 0.123. The lowest BCUT2D eigenvalue weighted by Crippen LogP contribution is -2.42. The van der Waals surface area contributed by atoms with Crippen LogP contribution in [0.2, 0.25) is 0 Å². The van der Waals surface area contributed by atoms with E-state index in [-0.39, 0.29) is 0 Å². The minimum Gasteiger partial charge on any atom is -0.494 e. The third kappa shape index (κ3) is 7.05. The summed E-state index contributed by atoms with van der Waals surface area (Å²) >= 11 is 0. The number of aryl methyl sites for hydroxylation is 1. The molecule has 0 saturated carbocycles. The van der Waals surface area contributed by atoms with Crippen molar-refractivity contribution in [1.82, 2.24) is 19.9 Å². The number of para-hydroxylation sites is 1. The maximum Gasteiger partial charge on any atom is 0.229 e. The van der Waals surface area contributed by atoms with E-state index in [4.69, 9.17) is 14.6 Å². The van der Waals surface area contributed by atoms with Crippen LogP contribution < -0.4 is 25.6 Å². The third-order valence-corrected chi connectivity index (χ3v) is 9.79. The summed E-state index contributed by atoms with van der Waals surface area (Å²) < 4.78 is 19.3. The van der Waals surface area contributed by atoms with Crippen LogP contribution in [0.5, 0.6) is 5.75 Å². The summed E-state index contributed by atoms with van der Waals surface area (Å²) in [5, 5.41) is 12.6. The molecule has 4 aromatic rings. The van der Waals surface area contributed by atoms with Crippen LogP contribution in [-0.4, -0.2) is 86.3 Å². The van der Waals surface area contributed by atoms with Crippen molar-refractivity contribution in [2.75, 3.05) is 70.3 Å². The Labute approximate surface area is 265 Å². The molecule has 0 unspecified atom stereocenters. The number of ether oxygens (including phenoxy) is 1. The molecule has 1 aliphatic heterocycles. The molecule has 11 nitrogen and oxygen atoms in total. The molecule has 0 radical (unpaired) electrons. The number of hydrogen-bond acceptors (Lipinski definition) is 11. The molecule has 2 aromatic carbocycles. The van der Waals surface area contributed by atoms with E-state index in [1.54, 1.807) is 39.9 Å². The van der Waals surface area contributed by atoms with Crippen molar-refractivity contribution < 1.29 is 14.1 Å². The lowest BCUT2D eigenvalue weighted by atomic mass is 10.00. The molecule has 2 N–H and O–H groups in total. The number of oxime groups is 1. The molecule has 0 spiro atoms. The molecule has 0 aliphatic carbocycles. The van der Waals surface area contributed by atoms with E-state index in [2.05, 4.69) is 49.7 Å². The van der Waals surface area contributed by atoms with Gasteiger partial charge in [0.2, 0.25) is 5.95 Å². The van der Waals surface area contributed by atoms with Crippen molar-refractivity contribution in [2.24, 2.45) is 5.16 Å². The first-order valence-corrected chi connectivity index (χ1v) is 17.6. The normalized spacial score (nSPS) is 14.6. The predicted octanol–water partition coefficient (Wildman–Crippen LogP) is 5.98. The van der Waals surface area contributed by atoms with Gasteiger partial charge >= 0.3 is 0 Å². The summed E-state index contributed by atoms with van der Waals surface area (Å²) in [4.78, 5) is 23.8. The summed E-state index contributed by atoms with van der Waals surface area (Å²) in [6, 6.07) is 12.4. The first kappa shape index (κ1) is 32.2. The second-order valence-electron chi connectivity index (χ2n) is 12.0. The van der Waals surface area contributed by atoms with Crippen LogP contribution >= 0.6 is 7.14 Å². The molecule has 0 amide bonds. The van der Waals surface area contributed by atoms with Gasteiger partial charge in [-0.2, -0.15) is 4.98 Å². The molecular weight excluding hydrogens is 587 g/mol. The number of aromatic nitrogens is 3. The number of pyridine rings is 1. The van der Waals surface area contributed by atoms with Crippen LogP contribution in [0.15, 0.2) is 53.9 Å². The number of anilines is 5. The molecule has 2 aromatic heterocycles. The van der Waals surface area contributed by atoms with Gasteiger partial charge in [0, 0.05) is 58.9 Å². The zero-order valence-electron chi connectivity index (χ0n) is 27.4. The molecular formula is C33H43N8O3P. The van der Waals surface area contributed by atoms with Crippen LogP contribution in [-0.2, 0) is 9.40 Å². The third-order valence-electron chi connectivity index (χ3n) is 8.23. The van der Waals surface area contributed by atoms with E-state index < -0.39 is 7.14 Å². The number of benzene rings is 2. The highest BCUT2D eigenvalue weighted by Crippen LogP contribution is 2.41. The maximum atomic E-state index is 13.5. The van der Waals surface area contributed by atoms with Gasteiger partial charge in [-0.15, -0.1) is 0 Å². The fourth-order valence-corrected chi connectivity index (χ4v) is 7.33. The first-order chi connectivity index (χ1) is 21.5. The summed E-state index contributed by atoms with van der Waals surface area (Å²) in [7, 11) is 4.81. The lowest BCUT2D eigenvalue weighted by Gasteiger charge is -2.37. The highest BCUT2D eigenvalue weighted by molar-refractivity contribution is 7.71. The number of fused-ring (bicyclic) bond motifs is 1. The van der Waals surface area contributed by atoms with Crippen LogP contribution in [0.4, 0.5) is 28.8 Å². The molecule has 45 heavy (non-hydrogen) atoms. The monoisotopic (exact) mass is 630 g/mol. The lowest BCUT2D eigenvalue weighted by molar-refractivity contribution is 0.213. The maximum absolute atomic E-state index is 13.5. The summed E-state index contributed by atoms with van der Waals surface area (Å²) in [6.07, 6.45) is 5.61. The SMILES string of the molecule is CO/N=C(\C)c1cc(Nc2ncc(C)c(Nc3cnc4ccccc4c3P(C)(C)=O)n2)c(OC)cc1N1CCC(N(C)C)CC1. The van der Waals surface area contributed by atoms with Crippen molar-refractivity contribution in [3.8, 4) is 5.75 Å². The van der Waals surface area contributed by atoms with Crippen molar-refractivity contribution in [2.45, 2.75) is 32.7 Å². The molecule has 1 aliphatic rings. The topological polar surface area (TPSA) is 117 Å². The van der Waals surface area contributed by atoms with Gasteiger partial charge in [-0.1, -0.05) is 23.4 Å². The number of nitrogens with one attached hydrogen (secondary N) is 2. The van der Waals surface area contributed by atoms with Gasteiger partial charge in [-0.05, 0) is 66.2 Å². The van der Waals surface area contributed by atoms with E-state index in [0.717, 1.165) is 64.7 Å². The second kappa shape index (κ2) is 13.4. The predicted molar refractivity (Wildman–Crippen MR) is 185 cm³/mol. The highest BCUT2D eigenvalue weighted by Gasteiger charge is 2.25. The summed E-state index contributed by atoms with van der Waals surface area (Å²) in [5.41, 5.74) is 5.70. The van der Waals surface area contributed by atoms with Gasteiger partial charge in [0.1, 0.15) is 25.8 Å². The van der Waals surface area contributed by atoms with Crippen LogP contribution in [0.25, 0.3) is 10.9 Å². The number of hydrogen-bond donors (Lipinski definition) is 2. The van der Waals surface area contributed by atoms with Crippen molar-refractivity contribution in [3.05, 3.63) is 59.9 Å². The van der Waals surface area contributed by atoms with Crippen LogP contribution in [0, 0.1) is 6.92 Å². The molecule has 0 bridgehead atoms. The van der Waals surface area contributed by atoms with Gasteiger partial charge < -0.3 is 34.6 Å². The molecule has 0 atom stereocenters. The fourth-order valence-electron chi connectivity index (χ4n) is 5.87. The average Bonchev–Trinajstić information content (AvgIpc) is 3.01. The Kier molecular flexibility index (Phi) is 9.60. The smallest absolute Gasteiger partial charge is 0.229 e. The molecule has 3 heterocycles. The van der Waals surface area contributed by atoms with E-state index in [9.17, 15) is 4.57 Å². The van der Waals surface area contributed by atoms with Crippen molar-refractivity contribution >= 4 is 57.9 Å². The van der Waals surface area contributed by atoms with E-state index >= 15 is 0 Å². The zero-order chi connectivity index (χ0) is 32.3. The van der Waals surface area contributed by atoms with Gasteiger partial charge in [0.25, 0.3) is 0 Å². The molecule has 1 saturated heterocycles. The van der Waals surface area contributed by atoms with E-state index in [1.807, 2.05) is 50.2 Å². The Morgan fingerprint density at radius 3 is 2.44 bits per heavy atom. The Balaban J connectivity index is 1.50. The number of piperidine rings is 1. The van der Waals surface area contributed by atoms with E-state index in [0.29, 0.717) is 34.9 Å². The van der Waals surface area contributed by atoms with Gasteiger partial charge in [-0.3, -0.25) is 4.98 Å². The number of methoxy groups -OCH3 is 1. The second-order valence-corrected chi connectivity index (χ2v) is 15.1. The van der Waals surface area contributed by atoms with Gasteiger partial charge in [0.05, 0.1) is 35.9 Å². The first-order valence-electron chi connectivity index (χ1n) is 15.0. The Morgan fingerprint density at radius 1 is 1.04 bits per heavy atom. The Morgan fingerprint density at radius 2 is 1.78 bits per heavy atom. The Bertz CT molecular complexity index is 1760. The standard InChI is InChI=1S/C33H43N8O3P/c1-21-19-35-33(38-32(21)36-28-20-34-26-12-10-9-11-24(26)31(28)45(7,8)42)37-27-17-25(22(2)39-44-6)29(18-30(27)43-5)41-15-13-23(14-16-41)40(3)4/h9-12,17-20,23H,13-16H2,1-8H3,(H2,35,36,37,38)/b39-22+. The van der Waals surface area contributed by atoms with E-state index in [1.165, 1.54) is 0 Å². The molecule has 12 heteroatoms. The summed E-state index contributed by atoms with van der Waals surface area (Å²) in [6.45, 7) is 9.26. The van der Waals surface area contributed by atoms with Crippen molar-refractivity contribution in [1.29, 1.82) is 0 Å². The minimum atomic E-state index is -2.68. The van der Waals surface area contributed by atoms with Crippen LogP contribution in [0.1, 0.15) is 30.9 Å². The van der Waals surface area contributed by atoms with Gasteiger partial charge in [0.15, 0.2) is 0 Å². The Hall–Kier alpha value is -4.21. The summed E-state index contributed by atoms with van der Waals surface area (Å²) in [5.74, 6) is 1.61. The average molecular weight is 631 g/mol. The van der Waals surface area contributed by atoms with Gasteiger partial charge in [-0.25, -0.2) is 4.98 Å². The minimum absolute atomic E-state index is 0.375.